The van der Waals surface area contributed by atoms with E-state index in [1.807, 2.05) is 6.08 Å². The van der Waals surface area contributed by atoms with Crippen LogP contribution >= 0.6 is 0 Å². The maximum Gasteiger partial charge on any atom is 0.407 e. The molecular weight excluding hydrogens is 442 g/mol. The summed E-state index contributed by atoms with van der Waals surface area (Å²) in [5.41, 5.74) is 0. The van der Waals surface area contributed by atoms with Crippen molar-refractivity contribution in [3.8, 4) is 0 Å². The molecule has 1 saturated carbocycles. The second kappa shape index (κ2) is 13.9. The summed E-state index contributed by atoms with van der Waals surface area (Å²) in [5.74, 6) is 0.0163. The number of nitrogens with zero attached hydrogens (tertiary/aromatic N) is 2. The van der Waals surface area contributed by atoms with E-state index in [0.29, 0.717) is 37.5 Å². The summed E-state index contributed by atoms with van der Waals surface area (Å²) >= 11 is 0. The van der Waals surface area contributed by atoms with Crippen LogP contribution in [0.25, 0.3) is 0 Å². The van der Waals surface area contributed by atoms with Crippen molar-refractivity contribution in [3.05, 3.63) is 12.7 Å². The van der Waals surface area contributed by atoms with Gasteiger partial charge >= 0.3 is 18.0 Å². The molecule has 2 amide bonds. The maximum absolute atomic E-state index is 12.6. The third kappa shape index (κ3) is 8.96. The Morgan fingerprint density at radius 2 is 1.82 bits per heavy atom. The second-order valence-corrected chi connectivity index (χ2v) is 9.08. The average Bonchev–Trinajstić information content (AvgIpc) is 3.45. The Morgan fingerprint density at radius 3 is 2.47 bits per heavy atom. The molecule has 0 bridgehead atoms. The molecule has 1 aliphatic carbocycles. The number of carboxylic acid groups (broad SMARTS) is 1. The zero-order valence-electron chi connectivity index (χ0n) is 20.4. The fraction of sp³-hybridized carbons (Fsp3) is 0.750. The minimum atomic E-state index is -0.977. The van der Waals surface area contributed by atoms with Gasteiger partial charge in [0.25, 0.3) is 0 Å². The quantitative estimate of drug-likeness (QED) is 0.285. The molecule has 2 fully saturated rings. The third-order valence-corrected chi connectivity index (χ3v) is 6.62. The Balaban J connectivity index is 1.71. The number of aliphatic carboxylic acids is 1. The van der Waals surface area contributed by atoms with Crippen LogP contribution in [-0.2, 0) is 23.9 Å². The normalized spacial score (nSPS) is 24.2. The first kappa shape index (κ1) is 27.6. The number of piperazine rings is 1. The summed E-state index contributed by atoms with van der Waals surface area (Å²) in [6.45, 7) is 8.61. The highest BCUT2D eigenvalue weighted by atomic mass is 16.5. The summed E-state index contributed by atoms with van der Waals surface area (Å²) < 4.78 is 10.4. The smallest absolute Gasteiger partial charge is 0.407 e. The molecule has 1 unspecified atom stereocenters. The molecule has 0 spiro atoms. The van der Waals surface area contributed by atoms with Crippen LogP contribution < -0.4 is 5.32 Å². The van der Waals surface area contributed by atoms with Crippen LogP contribution in [0.4, 0.5) is 4.79 Å². The van der Waals surface area contributed by atoms with Crippen LogP contribution in [0.15, 0.2) is 12.7 Å². The monoisotopic (exact) mass is 481 g/mol. The number of carbonyl (C=O) groups excluding carboxylic acids is 3. The molecule has 10 nitrogen and oxygen atoms in total. The van der Waals surface area contributed by atoms with Gasteiger partial charge in [-0.2, -0.15) is 0 Å². The fourth-order valence-corrected chi connectivity index (χ4v) is 4.80. The van der Waals surface area contributed by atoms with Crippen LogP contribution in [-0.4, -0.2) is 90.8 Å². The van der Waals surface area contributed by atoms with Gasteiger partial charge in [-0.25, -0.2) is 4.79 Å². The lowest BCUT2D eigenvalue weighted by Crippen LogP contribution is -2.57. The van der Waals surface area contributed by atoms with Crippen LogP contribution in [0.1, 0.15) is 46.0 Å². The molecule has 1 saturated heterocycles. The number of nitrogens with one attached hydrogen (secondary N) is 1. The van der Waals surface area contributed by atoms with Gasteiger partial charge < -0.3 is 24.8 Å². The number of hydrogen-bond donors (Lipinski definition) is 2. The molecule has 4 atom stereocenters. The number of carbonyl (C=O) groups is 4. The molecule has 1 heterocycles. The van der Waals surface area contributed by atoms with E-state index in [2.05, 4.69) is 18.8 Å². The average molecular weight is 482 g/mol. The number of allylic oxidation sites excluding steroid dienone is 1. The number of hydrogen-bond acceptors (Lipinski definition) is 7. The molecule has 2 N–H and O–H groups in total. The van der Waals surface area contributed by atoms with Crippen molar-refractivity contribution in [3.63, 3.8) is 0 Å². The van der Waals surface area contributed by atoms with Crippen molar-refractivity contribution in [2.45, 2.75) is 52.0 Å². The molecule has 0 aromatic heterocycles. The van der Waals surface area contributed by atoms with E-state index in [1.165, 1.54) is 6.92 Å². The Hall–Kier alpha value is -2.62. The second-order valence-electron chi connectivity index (χ2n) is 9.08. The Labute approximate surface area is 201 Å². The largest absolute Gasteiger partial charge is 0.480 e. The Morgan fingerprint density at radius 1 is 1.09 bits per heavy atom. The summed E-state index contributed by atoms with van der Waals surface area (Å²) in [7, 11) is 0. The Bertz CT molecular complexity index is 729. The van der Waals surface area contributed by atoms with E-state index in [0.717, 1.165) is 25.7 Å². The summed E-state index contributed by atoms with van der Waals surface area (Å²) in [5, 5.41) is 11.7. The predicted molar refractivity (Wildman–Crippen MR) is 125 cm³/mol. The van der Waals surface area contributed by atoms with Gasteiger partial charge in [-0.15, -0.1) is 6.58 Å². The first-order valence-electron chi connectivity index (χ1n) is 12.1. The lowest BCUT2D eigenvalue weighted by atomic mass is 10.1. The molecule has 192 valence electrons. The zero-order valence-corrected chi connectivity index (χ0v) is 20.4. The van der Waals surface area contributed by atoms with Crippen LogP contribution in [0, 0.1) is 17.8 Å². The van der Waals surface area contributed by atoms with E-state index in [1.54, 1.807) is 9.80 Å². The van der Waals surface area contributed by atoms with Gasteiger partial charge in [0.2, 0.25) is 5.91 Å². The van der Waals surface area contributed by atoms with Gasteiger partial charge in [0, 0.05) is 39.5 Å². The van der Waals surface area contributed by atoms with Crippen molar-refractivity contribution in [1.82, 2.24) is 15.1 Å². The van der Waals surface area contributed by atoms with Gasteiger partial charge in [-0.3, -0.25) is 19.3 Å². The lowest BCUT2D eigenvalue weighted by molar-refractivity contribution is -0.146. The standard InChI is InChI=1S/C24H39N3O7/c1-4-6-8-20-19(7-5-2)21(20)16-34-24(32)25-10-9-22(29)27-12-11-26(14-23(30)31)18(13-27)15-33-17(3)28/h4,18-21H,1,5-16H2,2-3H3,(H,25,32)(H,30,31)/t18?,19-,20+,21-/m0/s1. The number of ether oxygens (including phenoxy) is 2. The molecule has 0 aromatic carbocycles. The van der Waals surface area contributed by atoms with Crippen molar-refractivity contribution in [1.29, 1.82) is 0 Å². The van der Waals surface area contributed by atoms with E-state index >= 15 is 0 Å². The van der Waals surface area contributed by atoms with Gasteiger partial charge in [0.05, 0.1) is 19.2 Å². The summed E-state index contributed by atoms with van der Waals surface area (Å²) in [4.78, 5) is 50.3. The molecule has 2 aliphatic rings. The van der Waals surface area contributed by atoms with Crippen LogP contribution in [0.3, 0.4) is 0 Å². The fourth-order valence-electron chi connectivity index (χ4n) is 4.80. The minimum Gasteiger partial charge on any atom is -0.480 e. The van der Waals surface area contributed by atoms with E-state index in [9.17, 15) is 19.2 Å². The topological polar surface area (TPSA) is 125 Å². The number of carboxylic acids is 1. The summed E-state index contributed by atoms with van der Waals surface area (Å²) in [6.07, 6.45) is 5.83. The summed E-state index contributed by atoms with van der Waals surface area (Å²) in [6, 6.07) is -0.390. The van der Waals surface area contributed by atoms with Gasteiger partial charge in [0.15, 0.2) is 0 Å². The Kier molecular flexibility index (Phi) is 11.3. The predicted octanol–water partition coefficient (Wildman–Crippen LogP) is 1.89. The number of amides is 2. The highest BCUT2D eigenvalue weighted by Crippen LogP contribution is 2.52. The third-order valence-electron chi connectivity index (χ3n) is 6.62. The molecular formula is C24H39N3O7. The van der Waals surface area contributed by atoms with Gasteiger partial charge in [0.1, 0.15) is 6.61 Å². The molecule has 2 rings (SSSR count). The van der Waals surface area contributed by atoms with E-state index in [-0.39, 0.29) is 44.6 Å². The highest BCUT2D eigenvalue weighted by Gasteiger charge is 2.48. The van der Waals surface area contributed by atoms with Crippen molar-refractivity contribution in [2.24, 2.45) is 17.8 Å². The van der Waals surface area contributed by atoms with Crippen molar-refractivity contribution in [2.75, 3.05) is 45.9 Å². The SMILES string of the molecule is C=CCC[C@@H]1[C@H](CCC)[C@@H]1COC(=O)NCCC(=O)N1CCN(CC(=O)O)C(COC(C)=O)C1. The molecule has 0 radical (unpaired) electrons. The number of alkyl carbamates (subject to hydrolysis) is 1. The van der Waals surface area contributed by atoms with Crippen molar-refractivity contribution >= 4 is 23.9 Å². The van der Waals surface area contributed by atoms with Crippen LogP contribution in [0.2, 0.25) is 0 Å². The van der Waals surface area contributed by atoms with Gasteiger partial charge in [-0.05, 0) is 30.6 Å². The molecule has 0 aromatic rings. The van der Waals surface area contributed by atoms with E-state index < -0.39 is 18.0 Å². The lowest BCUT2D eigenvalue weighted by Gasteiger charge is -2.40. The number of esters is 1. The first-order valence-corrected chi connectivity index (χ1v) is 12.1. The highest BCUT2D eigenvalue weighted by molar-refractivity contribution is 5.77. The van der Waals surface area contributed by atoms with E-state index in [4.69, 9.17) is 14.6 Å². The van der Waals surface area contributed by atoms with Crippen molar-refractivity contribution < 1.29 is 33.8 Å². The first-order chi connectivity index (χ1) is 16.3. The maximum atomic E-state index is 12.6. The minimum absolute atomic E-state index is 0.0188. The molecule has 1 aliphatic heterocycles. The molecule has 10 heteroatoms. The van der Waals surface area contributed by atoms with Crippen LogP contribution in [0.5, 0.6) is 0 Å². The molecule has 34 heavy (non-hydrogen) atoms. The zero-order chi connectivity index (χ0) is 25.1. The number of rotatable bonds is 14. The van der Waals surface area contributed by atoms with Gasteiger partial charge in [-0.1, -0.05) is 25.8 Å².